The third kappa shape index (κ3) is 2.89. The van der Waals surface area contributed by atoms with Gasteiger partial charge in [-0.2, -0.15) is 0 Å². The lowest BCUT2D eigenvalue weighted by Crippen LogP contribution is -2.61. The van der Waals surface area contributed by atoms with E-state index in [0.29, 0.717) is 0 Å². The van der Waals surface area contributed by atoms with Crippen LogP contribution in [-0.4, -0.2) is 30.6 Å². The lowest BCUT2D eigenvalue weighted by atomic mass is 9.65. The summed E-state index contributed by atoms with van der Waals surface area (Å²) in [4.78, 5) is 9.76. The van der Waals surface area contributed by atoms with E-state index < -0.39 is 43.1 Å². The molecular formula is C12H15ClN2O5S. The van der Waals surface area contributed by atoms with Gasteiger partial charge in [0.05, 0.1) is 11.0 Å². The molecule has 1 aliphatic carbocycles. The Balaban J connectivity index is 2.35. The topological polar surface area (TPSA) is 110 Å². The van der Waals surface area contributed by atoms with Crippen molar-refractivity contribution in [2.75, 3.05) is 0 Å². The van der Waals surface area contributed by atoms with Crippen LogP contribution >= 0.6 is 11.6 Å². The molecule has 0 heterocycles. The number of halogens is 1. The van der Waals surface area contributed by atoms with Crippen LogP contribution in [0.5, 0.6) is 0 Å². The van der Waals surface area contributed by atoms with Crippen LogP contribution in [0.2, 0.25) is 5.02 Å². The molecule has 2 rings (SSSR count). The molecule has 0 aromatic heterocycles. The first-order chi connectivity index (χ1) is 9.55. The molecule has 9 heteroatoms. The first-order valence-electron chi connectivity index (χ1n) is 6.20. The normalized spacial score (nSPS) is 24.4. The smallest absolute Gasteiger partial charge is 0.290 e. The van der Waals surface area contributed by atoms with E-state index in [1.165, 1.54) is 6.07 Å². The van der Waals surface area contributed by atoms with Crippen LogP contribution < -0.4 is 4.72 Å². The fraction of sp³-hybridized carbons (Fsp3) is 0.500. The van der Waals surface area contributed by atoms with E-state index in [2.05, 4.69) is 4.72 Å². The number of benzene rings is 1. The van der Waals surface area contributed by atoms with E-state index in [-0.39, 0.29) is 11.4 Å². The van der Waals surface area contributed by atoms with Gasteiger partial charge in [0.2, 0.25) is 10.0 Å². The Bertz CT molecular complexity index is 689. The second-order valence-corrected chi connectivity index (χ2v) is 7.73. The SMILES string of the molecule is CC1(C)C(O)CC1NS(=O)(=O)c1ccc(Cl)cc1[N+](=O)[O-]. The fourth-order valence-corrected chi connectivity index (χ4v) is 3.94. The van der Waals surface area contributed by atoms with Gasteiger partial charge in [0.25, 0.3) is 5.69 Å². The molecule has 0 radical (unpaired) electrons. The molecule has 1 aromatic rings. The van der Waals surface area contributed by atoms with E-state index in [4.69, 9.17) is 11.6 Å². The van der Waals surface area contributed by atoms with Crippen molar-refractivity contribution >= 4 is 27.3 Å². The molecule has 0 aliphatic heterocycles. The maximum atomic E-state index is 12.3. The van der Waals surface area contributed by atoms with Gasteiger partial charge in [-0.3, -0.25) is 10.1 Å². The summed E-state index contributed by atoms with van der Waals surface area (Å²) in [5.41, 5.74) is -1.19. The van der Waals surface area contributed by atoms with Crippen LogP contribution in [0, 0.1) is 15.5 Å². The van der Waals surface area contributed by atoms with Crippen LogP contribution in [0.25, 0.3) is 0 Å². The molecule has 0 bridgehead atoms. The Morgan fingerprint density at radius 2 is 2.10 bits per heavy atom. The molecule has 1 aliphatic rings. The van der Waals surface area contributed by atoms with Gasteiger partial charge in [-0.15, -0.1) is 0 Å². The highest BCUT2D eigenvalue weighted by Crippen LogP contribution is 2.41. The highest BCUT2D eigenvalue weighted by Gasteiger charge is 2.49. The standard InChI is InChI=1S/C12H15ClN2O5S/c1-12(2)10(6-11(12)16)14-21(19,20)9-4-3-7(13)5-8(9)15(17)18/h3-5,10-11,14,16H,6H2,1-2H3. The van der Waals surface area contributed by atoms with Crippen molar-refractivity contribution in [3.05, 3.63) is 33.3 Å². The van der Waals surface area contributed by atoms with E-state index in [1.54, 1.807) is 13.8 Å². The lowest BCUT2D eigenvalue weighted by molar-refractivity contribution is -0.387. The predicted molar refractivity (Wildman–Crippen MR) is 76.6 cm³/mol. The molecule has 2 unspecified atom stereocenters. The Labute approximate surface area is 127 Å². The van der Waals surface area contributed by atoms with E-state index in [1.807, 2.05) is 0 Å². The Morgan fingerprint density at radius 3 is 2.57 bits per heavy atom. The number of nitro benzene ring substituents is 1. The summed E-state index contributed by atoms with van der Waals surface area (Å²) in [5, 5.41) is 20.7. The van der Waals surface area contributed by atoms with Crippen LogP contribution in [0.15, 0.2) is 23.1 Å². The summed E-state index contributed by atoms with van der Waals surface area (Å²) in [6.45, 7) is 3.45. The number of sulfonamides is 1. The van der Waals surface area contributed by atoms with Crippen molar-refractivity contribution in [1.29, 1.82) is 0 Å². The number of hydrogen-bond acceptors (Lipinski definition) is 5. The molecule has 0 spiro atoms. The first kappa shape index (κ1) is 16.2. The Morgan fingerprint density at radius 1 is 1.48 bits per heavy atom. The predicted octanol–water partition coefficient (Wildman–Crippen LogP) is 1.69. The van der Waals surface area contributed by atoms with E-state index in [0.717, 1.165) is 12.1 Å². The molecule has 7 nitrogen and oxygen atoms in total. The average molecular weight is 335 g/mol. The lowest BCUT2D eigenvalue weighted by Gasteiger charge is -2.49. The molecule has 0 amide bonds. The average Bonchev–Trinajstić information content (AvgIpc) is 2.37. The molecule has 1 aromatic carbocycles. The summed E-state index contributed by atoms with van der Waals surface area (Å²) in [6, 6.07) is 2.90. The van der Waals surface area contributed by atoms with Crippen LogP contribution in [0.3, 0.4) is 0 Å². The second-order valence-electron chi connectivity index (χ2n) is 5.62. The van der Waals surface area contributed by atoms with Gasteiger partial charge < -0.3 is 5.11 Å². The van der Waals surface area contributed by atoms with Gasteiger partial charge in [-0.05, 0) is 18.6 Å². The van der Waals surface area contributed by atoms with Gasteiger partial charge in [-0.25, -0.2) is 13.1 Å². The number of nitrogens with zero attached hydrogens (tertiary/aromatic N) is 1. The molecule has 1 fully saturated rings. The largest absolute Gasteiger partial charge is 0.392 e. The van der Waals surface area contributed by atoms with Crippen LogP contribution in [0.1, 0.15) is 20.3 Å². The fourth-order valence-electron chi connectivity index (χ4n) is 2.21. The first-order valence-corrected chi connectivity index (χ1v) is 8.06. The number of aliphatic hydroxyl groups is 1. The van der Waals surface area contributed by atoms with Crippen molar-refractivity contribution in [3.63, 3.8) is 0 Å². The van der Waals surface area contributed by atoms with Crippen LogP contribution in [-0.2, 0) is 10.0 Å². The summed E-state index contributed by atoms with van der Waals surface area (Å²) in [5.74, 6) is 0. The summed E-state index contributed by atoms with van der Waals surface area (Å²) < 4.78 is 27.1. The number of hydrogen-bond donors (Lipinski definition) is 2. The van der Waals surface area contributed by atoms with Gasteiger partial charge in [0.15, 0.2) is 4.90 Å². The van der Waals surface area contributed by atoms with Crippen molar-refractivity contribution < 1.29 is 18.4 Å². The summed E-state index contributed by atoms with van der Waals surface area (Å²) >= 11 is 5.67. The number of nitro groups is 1. The highest BCUT2D eigenvalue weighted by atomic mass is 35.5. The third-order valence-electron chi connectivity index (χ3n) is 3.92. The number of aliphatic hydroxyl groups excluding tert-OH is 1. The maximum absolute atomic E-state index is 12.3. The molecule has 0 saturated heterocycles. The zero-order valence-electron chi connectivity index (χ0n) is 11.4. The maximum Gasteiger partial charge on any atom is 0.290 e. The van der Waals surface area contributed by atoms with Crippen molar-refractivity contribution in [3.8, 4) is 0 Å². The highest BCUT2D eigenvalue weighted by molar-refractivity contribution is 7.89. The minimum atomic E-state index is -4.07. The van der Waals surface area contributed by atoms with E-state index >= 15 is 0 Å². The van der Waals surface area contributed by atoms with Gasteiger partial charge in [0.1, 0.15) is 0 Å². The minimum Gasteiger partial charge on any atom is -0.392 e. The molecule has 116 valence electrons. The van der Waals surface area contributed by atoms with Crippen molar-refractivity contribution in [2.24, 2.45) is 5.41 Å². The quantitative estimate of drug-likeness (QED) is 0.643. The molecule has 21 heavy (non-hydrogen) atoms. The number of nitrogens with one attached hydrogen (secondary N) is 1. The number of rotatable bonds is 4. The van der Waals surface area contributed by atoms with Gasteiger partial charge in [0, 0.05) is 22.5 Å². The zero-order valence-corrected chi connectivity index (χ0v) is 13.0. The van der Waals surface area contributed by atoms with Crippen molar-refractivity contribution in [1.82, 2.24) is 4.72 Å². The monoisotopic (exact) mass is 334 g/mol. The molecule has 2 atom stereocenters. The Kier molecular flexibility index (Phi) is 4.00. The van der Waals surface area contributed by atoms with E-state index in [9.17, 15) is 23.6 Å². The van der Waals surface area contributed by atoms with Crippen LogP contribution in [0.4, 0.5) is 5.69 Å². The van der Waals surface area contributed by atoms with Gasteiger partial charge >= 0.3 is 0 Å². The molecule has 2 N–H and O–H groups in total. The second kappa shape index (κ2) is 5.20. The molecular weight excluding hydrogens is 320 g/mol. The minimum absolute atomic E-state index is 0.0834. The summed E-state index contributed by atoms with van der Waals surface area (Å²) in [7, 11) is -4.07. The van der Waals surface area contributed by atoms with Crippen molar-refractivity contribution in [2.45, 2.75) is 37.3 Å². The zero-order chi connectivity index (χ0) is 16.0. The van der Waals surface area contributed by atoms with Gasteiger partial charge in [-0.1, -0.05) is 25.4 Å². The summed E-state index contributed by atoms with van der Waals surface area (Å²) in [6.07, 6.45) is -0.335. The third-order valence-corrected chi connectivity index (χ3v) is 5.67. The Hall–Kier alpha value is -1.22. The molecule has 1 saturated carbocycles.